The predicted octanol–water partition coefficient (Wildman–Crippen LogP) is 1.84. The van der Waals surface area contributed by atoms with Crippen LogP contribution in [-0.4, -0.2) is 9.97 Å². The maximum atomic E-state index is 5.98. The van der Waals surface area contributed by atoms with Gasteiger partial charge in [-0.25, -0.2) is 4.98 Å². The van der Waals surface area contributed by atoms with E-state index in [4.69, 9.17) is 23.1 Å². The molecule has 0 fully saturated rings. The molecule has 0 bridgehead atoms. The first kappa shape index (κ1) is 10.9. The molecule has 4 nitrogen and oxygen atoms in total. The van der Waals surface area contributed by atoms with Crippen LogP contribution in [0.2, 0.25) is 5.15 Å². The molecule has 0 saturated carbocycles. The van der Waals surface area contributed by atoms with Gasteiger partial charge < -0.3 is 11.5 Å². The second-order valence-corrected chi connectivity index (χ2v) is 3.66. The average Bonchev–Trinajstić information content (AvgIpc) is 2.29. The van der Waals surface area contributed by atoms with Gasteiger partial charge in [-0.3, -0.25) is 4.98 Å². The molecule has 0 atom stereocenters. The SMILES string of the molecule is NCc1ncc(-c2cccnc2Cl)cc1N. The van der Waals surface area contributed by atoms with Crippen LogP contribution in [0.3, 0.4) is 0 Å². The zero-order valence-electron chi connectivity index (χ0n) is 8.52. The number of nitrogens with two attached hydrogens (primary N) is 2. The van der Waals surface area contributed by atoms with Gasteiger partial charge in [0.15, 0.2) is 0 Å². The Morgan fingerprint density at radius 2 is 2.12 bits per heavy atom. The number of anilines is 1. The third-order valence-electron chi connectivity index (χ3n) is 2.27. The van der Waals surface area contributed by atoms with Crippen molar-refractivity contribution in [2.45, 2.75) is 6.54 Å². The molecule has 5 heteroatoms. The Hall–Kier alpha value is -1.65. The minimum absolute atomic E-state index is 0.326. The molecule has 0 spiro atoms. The number of nitrogens with zero attached hydrogens (tertiary/aromatic N) is 2. The third kappa shape index (κ3) is 1.98. The summed E-state index contributed by atoms with van der Waals surface area (Å²) in [6.07, 6.45) is 3.33. The molecule has 16 heavy (non-hydrogen) atoms. The van der Waals surface area contributed by atoms with Crippen LogP contribution in [0.25, 0.3) is 11.1 Å². The fourth-order valence-corrected chi connectivity index (χ4v) is 1.66. The second-order valence-electron chi connectivity index (χ2n) is 3.31. The van der Waals surface area contributed by atoms with Crippen LogP contribution in [0.4, 0.5) is 5.69 Å². The van der Waals surface area contributed by atoms with Gasteiger partial charge >= 0.3 is 0 Å². The van der Waals surface area contributed by atoms with Crippen LogP contribution in [-0.2, 0) is 6.54 Å². The molecule has 0 saturated heterocycles. The monoisotopic (exact) mass is 234 g/mol. The lowest BCUT2D eigenvalue weighted by atomic mass is 10.1. The Morgan fingerprint density at radius 1 is 1.31 bits per heavy atom. The third-order valence-corrected chi connectivity index (χ3v) is 2.57. The number of pyridine rings is 2. The van der Waals surface area contributed by atoms with E-state index < -0.39 is 0 Å². The molecule has 0 aromatic carbocycles. The van der Waals surface area contributed by atoms with Crippen molar-refractivity contribution in [3.8, 4) is 11.1 Å². The molecule has 4 N–H and O–H groups in total. The molecule has 2 aromatic rings. The van der Waals surface area contributed by atoms with E-state index in [2.05, 4.69) is 9.97 Å². The van der Waals surface area contributed by atoms with E-state index >= 15 is 0 Å². The summed E-state index contributed by atoms with van der Waals surface area (Å²) >= 11 is 5.98. The first-order valence-corrected chi connectivity index (χ1v) is 5.15. The summed E-state index contributed by atoms with van der Waals surface area (Å²) in [6.45, 7) is 0.326. The molecule has 0 aliphatic carbocycles. The van der Waals surface area contributed by atoms with Crippen molar-refractivity contribution in [2.24, 2.45) is 5.73 Å². The minimum atomic E-state index is 0.326. The van der Waals surface area contributed by atoms with Gasteiger partial charge in [0, 0.05) is 30.1 Å². The molecule has 0 aliphatic rings. The zero-order chi connectivity index (χ0) is 11.5. The summed E-state index contributed by atoms with van der Waals surface area (Å²) in [6, 6.07) is 5.49. The van der Waals surface area contributed by atoms with Crippen molar-refractivity contribution in [3.05, 3.63) is 41.4 Å². The minimum Gasteiger partial charge on any atom is -0.397 e. The van der Waals surface area contributed by atoms with Gasteiger partial charge in [-0.2, -0.15) is 0 Å². The highest BCUT2D eigenvalue weighted by Crippen LogP contribution is 2.27. The quantitative estimate of drug-likeness (QED) is 0.778. The van der Waals surface area contributed by atoms with Crippen LogP contribution in [0.5, 0.6) is 0 Å². The second kappa shape index (κ2) is 4.47. The van der Waals surface area contributed by atoms with Gasteiger partial charge in [0.25, 0.3) is 0 Å². The lowest BCUT2D eigenvalue weighted by Crippen LogP contribution is -2.04. The first-order chi connectivity index (χ1) is 7.72. The molecule has 2 rings (SSSR count). The fraction of sp³-hybridized carbons (Fsp3) is 0.0909. The smallest absolute Gasteiger partial charge is 0.136 e. The average molecular weight is 235 g/mol. The van der Waals surface area contributed by atoms with E-state index in [9.17, 15) is 0 Å². The number of hydrogen-bond donors (Lipinski definition) is 2. The van der Waals surface area contributed by atoms with Crippen molar-refractivity contribution >= 4 is 17.3 Å². The molecule has 2 aromatic heterocycles. The molecule has 82 valence electrons. The molecule has 0 unspecified atom stereocenters. The van der Waals surface area contributed by atoms with Gasteiger partial charge in [0.2, 0.25) is 0 Å². The Kier molecular flexibility index (Phi) is 3.03. The van der Waals surface area contributed by atoms with Gasteiger partial charge in [0.1, 0.15) is 5.15 Å². The topological polar surface area (TPSA) is 77.8 Å². The number of aromatic nitrogens is 2. The maximum absolute atomic E-state index is 5.98. The van der Waals surface area contributed by atoms with Crippen molar-refractivity contribution in [1.82, 2.24) is 9.97 Å². The summed E-state index contributed by atoms with van der Waals surface area (Å²) in [7, 11) is 0. The molecule has 2 heterocycles. The lowest BCUT2D eigenvalue weighted by molar-refractivity contribution is 0.996. The fourth-order valence-electron chi connectivity index (χ4n) is 1.43. The van der Waals surface area contributed by atoms with Gasteiger partial charge in [-0.15, -0.1) is 0 Å². The highest BCUT2D eigenvalue weighted by Gasteiger charge is 2.06. The molecule has 0 aliphatic heterocycles. The maximum Gasteiger partial charge on any atom is 0.136 e. The summed E-state index contributed by atoms with van der Waals surface area (Å²) in [5.41, 5.74) is 14.2. The van der Waals surface area contributed by atoms with Crippen LogP contribution >= 0.6 is 11.6 Å². The number of hydrogen-bond acceptors (Lipinski definition) is 4. The number of nitrogen functional groups attached to an aromatic ring is 1. The van der Waals surface area contributed by atoms with Gasteiger partial charge in [0.05, 0.1) is 11.4 Å². The summed E-state index contributed by atoms with van der Waals surface area (Å²) in [5, 5.41) is 0.434. The normalized spacial score (nSPS) is 10.4. The van der Waals surface area contributed by atoms with Crippen LogP contribution < -0.4 is 11.5 Å². The van der Waals surface area contributed by atoms with Crippen molar-refractivity contribution in [1.29, 1.82) is 0 Å². The highest BCUT2D eigenvalue weighted by molar-refractivity contribution is 6.32. The first-order valence-electron chi connectivity index (χ1n) is 4.77. The summed E-state index contributed by atoms with van der Waals surface area (Å²) in [4.78, 5) is 8.18. The van der Waals surface area contributed by atoms with Crippen molar-refractivity contribution in [3.63, 3.8) is 0 Å². The highest BCUT2D eigenvalue weighted by atomic mass is 35.5. The molecule has 0 radical (unpaired) electrons. The number of halogens is 1. The van der Waals surface area contributed by atoms with Crippen LogP contribution in [0.1, 0.15) is 5.69 Å². The van der Waals surface area contributed by atoms with Gasteiger partial charge in [-0.05, 0) is 18.2 Å². The Labute approximate surface area is 98.3 Å². The van der Waals surface area contributed by atoms with Crippen LogP contribution in [0.15, 0.2) is 30.6 Å². The Morgan fingerprint density at radius 3 is 2.75 bits per heavy atom. The van der Waals surface area contributed by atoms with E-state index in [1.54, 1.807) is 18.5 Å². The summed E-state index contributed by atoms with van der Waals surface area (Å²) in [5.74, 6) is 0. The molecular weight excluding hydrogens is 224 g/mol. The largest absolute Gasteiger partial charge is 0.397 e. The van der Waals surface area contributed by atoms with Crippen molar-refractivity contribution in [2.75, 3.05) is 5.73 Å². The zero-order valence-corrected chi connectivity index (χ0v) is 9.28. The summed E-state index contributed by atoms with van der Waals surface area (Å²) < 4.78 is 0. The standard InChI is InChI=1S/C11H11ClN4/c12-11-8(2-1-3-15-11)7-4-9(14)10(5-13)16-6-7/h1-4,6H,5,13-14H2. The van der Waals surface area contributed by atoms with E-state index in [0.717, 1.165) is 11.1 Å². The predicted molar refractivity (Wildman–Crippen MR) is 64.8 cm³/mol. The van der Waals surface area contributed by atoms with Gasteiger partial charge in [-0.1, -0.05) is 11.6 Å². The lowest BCUT2D eigenvalue weighted by Gasteiger charge is -2.06. The van der Waals surface area contributed by atoms with Crippen molar-refractivity contribution < 1.29 is 0 Å². The van der Waals surface area contributed by atoms with E-state index in [0.29, 0.717) is 23.1 Å². The Balaban J connectivity index is 2.50. The molecule has 0 amide bonds. The molecular formula is C11H11ClN4. The van der Waals surface area contributed by atoms with E-state index in [-0.39, 0.29) is 0 Å². The number of rotatable bonds is 2. The van der Waals surface area contributed by atoms with E-state index in [1.165, 1.54) is 0 Å². The van der Waals surface area contributed by atoms with Crippen LogP contribution in [0, 0.1) is 0 Å². The van der Waals surface area contributed by atoms with E-state index in [1.807, 2.05) is 12.1 Å². The Bertz CT molecular complexity index is 513.